The first-order valence-corrected chi connectivity index (χ1v) is 6.00. The molecule has 0 spiro atoms. The highest BCUT2D eigenvalue weighted by Crippen LogP contribution is 2.31. The number of aromatic hydroxyl groups is 2. The van der Waals surface area contributed by atoms with Gasteiger partial charge in [0, 0.05) is 23.1 Å². The second-order valence-corrected chi connectivity index (χ2v) is 4.58. The minimum Gasteiger partial charge on any atom is -0.508 e. The average molecular weight is 252 g/mol. The Hall–Kier alpha value is -2.55. The number of benzene rings is 2. The summed E-state index contributed by atoms with van der Waals surface area (Å²) in [4.78, 5) is 12.2. The molecule has 0 aromatic heterocycles. The van der Waals surface area contributed by atoms with Gasteiger partial charge in [0.05, 0.1) is 0 Å². The van der Waals surface area contributed by atoms with Gasteiger partial charge >= 0.3 is 0 Å². The van der Waals surface area contributed by atoms with Crippen LogP contribution in [0.15, 0.2) is 48.0 Å². The topological polar surface area (TPSA) is 57.5 Å². The summed E-state index contributed by atoms with van der Waals surface area (Å²) in [6.45, 7) is 0. The Balaban J connectivity index is 2.02. The van der Waals surface area contributed by atoms with Crippen molar-refractivity contribution in [2.75, 3.05) is 0 Å². The molecule has 0 bridgehead atoms. The van der Waals surface area contributed by atoms with Crippen molar-refractivity contribution in [1.29, 1.82) is 0 Å². The minimum atomic E-state index is -0.0433. The smallest absolute Gasteiger partial charge is 0.189 e. The van der Waals surface area contributed by atoms with Crippen LogP contribution in [0.1, 0.15) is 21.5 Å². The van der Waals surface area contributed by atoms with Gasteiger partial charge in [-0.3, -0.25) is 4.79 Å². The summed E-state index contributed by atoms with van der Waals surface area (Å²) in [5, 5.41) is 19.2. The molecule has 0 heterocycles. The van der Waals surface area contributed by atoms with E-state index in [9.17, 15) is 15.0 Å². The van der Waals surface area contributed by atoms with Gasteiger partial charge in [-0.2, -0.15) is 0 Å². The Kier molecular flexibility index (Phi) is 2.60. The summed E-state index contributed by atoms with van der Waals surface area (Å²) in [7, 11) is 0. The van der Waals surface area contributed by atoms with Crippen molar-refractivity contribution in [2.24, 2.45) is 0 Å². The third-order valence-corrected chi connectivity index (χ3v) is 3.27. The Bertz CT molecular complexity index is 699. The summed E-state index contributed by atoms with van der Waals surface area (Å²) in [5.74, 6) is 0.273. The Morgan fingerprint density at radius 1 is 1.05 bits per heavy atom. The number of para-hydroxylation sites is 1. The largest absolute Gasteiger partial charge is 0.508 e. The number of ketones is 1. The lowest BCUT2D eigenvalue weighted by molar-refractivity contribution is 0.104. The summed E-state index contributed by atoms with van der Waals surface area (Å²) in [6, 6.07) is 11.7. The van der Waals surface area contributed by atoms with E-state index in [0.29, 0.717) is 23.1 Å². The predicted molar refractivity (Wildman–Crippen MR) is 72.2 cm³/mol. The van der Waals surface area contributed by atoms with Crippen LogP contribution in [-0.4, -0.2) is 16.0 Å². The number of hydrogen-bond acceptors (Lipinski definition) is 3. The molecule has 3 heteroatoms. The zero-order chi connectivity index (χ0) is 13.4. The van der Waals surface area contributed by atoms with E-state index >= 15 is 0 Å². The maximum atomic E-state index is 12.2. The number of fused-ring (bicyclic) bond motifs is 1. The van der Waals surface area contributed by atoms with Gasteiger partial charge in [-0.1, -0.05) is 18.2 Å². The first-order chi connectivity index (χ1) is 9.15. The molecule has 2 aromatic rings. The van der Waals surface area contributed by atoms with E-state index in [-0.39, 0.29) is 17.3 Å². The molecule has 0 unspecified atom stereocenters. The van der Waals surface area contributed by atoms with Crippen molar-refractivity contribution in [3.8, 4) is 11.5 Å². The summed E-state index contributed by atoms with van der Waals surface area (Å²) < 4.78 is 0. The van der Waals surface area contributed by atoms with E-state index < -0.39 is 0 Å². The second-order valence-electron chi connectivity index (χ2n) is 4.58. The first-order valence-electron chi connectivity index (χ1n) is 6.00. The van der Waals surface area contributed by atoms with E-state index in [1.54, 1.807) is 36.4 Å². The molecule has 19 heavy (non-hydrogen) atoms. The molecule has 2 N–H and O–H groups in total. The summed E-state index contributed by atoms with van der Waals surface area (Å²) >= 11 is 0. The highest BCUT2D eigenvalue weighted by atomic mass is 16.3. The van der Waals surface area contributed by atoms with Crippen LogP contribution in [0.2, 0.25) is 0 Å². The Labute approximate surface area is 110 Å². The van der Waals surface area contributed by atoms with Gasteiger partial charge in [0.25, 0.3) is 0 Å². The van der Waals surface area contributed by atoms with Crippen molar-refractivity contribution < 1.29 is 15.0 Å². The third kappa shape index (κ3) is 1.99. The number of hydrogen-bond donors (Lipinski definition) is 2. The number of carbonyl (C=O) groups excluding carboxylic acids is 1. The van der Waals surface area contributed by atoms with E-state index in [4.69, 9.17) is 0 Å². The molecular formula is C16H12O3. The molecule has 0 aliphatic heterocycles. The van der Waals surface area contributed by atoms with Crippen molar-refractivity contribution in [2.45, 2.75) is 6.42 Å². The van der Waals surface area contributed by atoms with Crippen LogP contribution in [0.4, 0.5) is 0 Å². The number of phenolic OH excluding ortho intramolecular Hbond substituents is 2. The zero-order valence-electron chi connectivity index (χ0n) is 10.1. The lowest BCUT2D eigenvalue weighted by Crippen LogP contribution is -1.95. The predicted octanol–water partition coefficient (Wildman–Crippen LogP) is 2.92. The molecule has 3 rings (SSSR count). The first kappa shape index (κ1) is 11.5. The van der Waals surface area contributed by atoms with Crippen LogP contribution < -0.4 is 0 Å². The molecule has 0 saturated carbocycles. The minimum absolute atomic E-state index is 0.0433. The van der Waals surface area contributed by atoms with Crippen molar-refractivity contribution in [3.05, 3.63) is 64.7 Å². The lowest BCUT2D eigenvalue weighted by atomic mass is 10.1. The number of phenols is 2. The standard InChI is InChI=1S/C16H12O3/c17-13-5-6-14-11(9-13)8-12(16(14)19)7-10-3-1-2-4-15(10)18/h1-7,9,17-18H,8H2/b12-7+. The van der Waals surface area contributed by atoms with Crippen LogP contribution in [0.3, 0.4) is 0 Å². The molecule has 0 fully saturated rings. The van der Waals surface area contributed by atoms with E-state index in [2.05, 4.69) is 0 Å². The van der Waals surface area contributed by atoms with Crippen molar-refractivity contribution >= 4 is 11.9 Å². The van der Waals surface area contributed by atoms with Gasteiger partial charge in [-0.15, -0.1) is 0 Å². The fourth-order valence-electron chi connectivity index (χ4n) is 2.32. The molecule has 0 atom stereocenters. The van der Waals surface area contributed by atoms with Crippen molar-refractivity contribution in [3.63, 3.8) is 0 Å². The van der Waals surface area contributed by atoms with Gasteiger partial charge in [0.1, 0.15) is 11.5 Å². The van der Waals surface area contributed by atoms with Crippen LogP contribution >= 0.6 is 0 Å². The number of rotatable bonds is 1. The molecule has 2 aromatic carbocycles. The molecule has 0 saturated heterocycles. The maximum Gasteiger partial charge on any atom is 0.189 e. The molecule has 0 amide bonds. The summed E-state index contributed by atoms with van der Waals surface area (Å²) in [6.07, 6.45) is 2.19. The molecule has 0 radical (unpaired) electrons. The molecule has 1 aliphatic rings. The average Bonchev–Trinajstić information content (AvgIpc) is 2.68. The highest BCUT2D eigenvalue weighted by Gasteiger charge is 2.25. The fourth-order valence-corrected chi connectivity index (χ4v) is 2.32. The van der Waals surface area contributed by atoms with Gasteiger partial charge in [0.2, 0.25) is 0 Å². The van der Waals surface area contributed by atoms with Crippen LogP contribution in [-0.2, 0) is 6.42 Å². The maximum absolute atomic E-state index is 12.2. The van der Waals surface area contributed by atoms with Gasteiger partial charge in [0.15, 0.2) is 5.78 Å². The Morgan fingerprint density at radius 2 is 1.84 bits per heavy atom. The van der Waals surface area contributed by atoms with Crippen LogP contribution in [0.5, 0.6) is 11.5 Å². The van der Waals surface area contributed by atoms with E-state index in [0.717, 1.165) is 5.56 Å². The van der Waals surface area contributed by atoms with Crippen molar-refractivity contribution in [1.82, 2.24) is 0 Å². The molecule has 3 nitrogen and oxygen atoms in total. The SMILES string of the molecule is O=C1/C(=C/c2ccccc2O)Cc2cc(O)ccc21. The zero-order valence-corrected chi connectivity index (χ0v) is 10.1. The van der Waals surface area contributed by atoms with Crippen LogP contribution in [0, 0.1) is 0 Å². The molecular weight excluding hydrogens is 240 g/mol. The molecule has 94 valence electrons. The van der Waals surface area contributed by atoms with Gasteiger partial charge in [-0.05, 0) is 35.9 Å². The number of carbonyl (C=O) groups is 1. The normalized spacial score (nSPS) is 15.8. The molecule has 1 aliphatic carbocycles. The second kappa shape index (κ2) is 4.28. The lowest BCUT2D eigenvalue weighted by Gasteiger charge is -1.99. The monoisotopic (exact) mass is 252 g/mol. The number of Topliss-reactive ketones (excluding diaryl/α,β-unsaturated/α-hetero) is 1. The van der Waals surface area contributed by atoms with Gasteiger partial charge < -0.3 is 10.2 Å². The quantitative estimate of drug-likeness (QED) is 0.767. The fraction of sp³-hybridized carbons (Fsp3) is 0.0625. The van der Waals surface area contributed by atoms with Crippen LogP contribution in [0.25, 0.3) is 6.08 Å². The number of allylic oxidation sites excluding steroid dienone is 1. The van der Waals surface area contributed by atoms with E-state index in [1.807, 2.05) is 6.07 Å². The third-order valence-electron chi connectivity index (χ3n) is 3.27. The Morgan fingerprint density at radius 3 is 2.63 bits per heavy atom. The summed E-state index contributed by atoms with van der Waals surface area (Å²) in [5.41, 5.74) is 2.70. The van der Waals surface area contributed by atoms with E-state index in [1.165, 1.54) is 6.07 Å². The highest BCUT2D eigenvalue weighted by molar-refractivity contribution is 6.15. The van der Waals surface area contributed by atoms with Gasteiger partial charge in [-0.25, -0.2) is 0 Å².